The molecule has 0 aliphatic carbocycles. The lowest BCUT2D eigenvalue weighted by Crippen LogP contribution is -2.47. The van der Waals surface area contributed by atoms with Gasteiger partial charge in [0.05, 0.1) is 11.1 Å². The first-order chi connectivity index (χ1) is 15.6. The second-order valence-electron chi connectivity index (χ2n) is 8.35. The highest BCUT2D eigenvalue weighted by atomic mass is 32.2. The van der Waals surface area contributed by atoms with E-state index in [-0.39, 0.29) is 5.91 Å². The van der Waals surface area contributed by atoms with Crippen molar-refractivity contribution in [2.24, 2.45) is 0 Å². The smallest absolute Gasteiger partial charge is 0.262 e. The average molecular weight is 452 g/mol. The molecule has 1 N–H and O–H groups in total. The Hall–Kier alpha value is -2.64. The molecule has 1 atom stereocenters. The van der Waals surface area contributed by atoms with Crippen LogP contribution in [0.2, 0.25) is 0 Å². The molecule has 1 fully saturated rings. The summed E-state index contributed by atoms with van der Waals surface area (Å²) in [7, 11) is 0. The molecule has 2 aliphatic rings. The van der Waals surface area contributed by atoms with Gasteiger partial charge in [-0.25, -0.2) is 0 Å². The van der Waals surface area contributed by atoms with Crippen LogP contribution in [0.3, 0.4) is 0 Å². The zero-order valence-corrected chi connectivity index (χ0v) is 19.2. The van der Waals surface area contributed by atoms with E-state index in [0.29, 0.717) is 29.0 Å². The molecule has 32 heavy (non-hydrogen) atoms. The van der Waals surface area contributed by atoms with Crippen molar-refractivity contribution in [1.29, 1.82) is 0 Å². The number of piperidine rings is 1. The molecule has 2 aromatic rings. The molecule has 2 heterocycles. The lowest BCUT2D eigenvalue weighted by molar-refractivity contribution is -0.120. The number of thioether (sulfide) groups is 1. The van der Waals surface area contributed by atoms with Crippen molar-refractivity contribution < 1.29 is 14.4 Å². The number of carbonyl (C=O) groups excluding carboxylic acids is 3. The standard InChI is InChI=1S/C25H29N3O3S/c1-32-16-13-22(28-24(30)20-7-3-4-8-21(20)25(28)31)23(29)26-19-11-9-18(10-12-19)17-27-14-5-2-6-15-27/h3-4,7-12,22H,2,5-6,13-17H2,1H3,(H,26,29). The van der Waals surface area contributed by atoms with E-state index in [1.165, 1.54) is 24.8 Å². The van der Waals surface area contributed by atoms with Gasteiger partial charge in [-0.15, -0.1) is 0 Å². The normalized spacial score (nSPS) is 17.3. The Morgan fingerprint density at radius 3 is 2.19 bits per heavy atom. The van der Waals surface area contributed by atoms with E-state index in [0.717, 1.165) is 24.5 Å². The van der Waals surface area contributed by atoms with E-state index in [2.05, 4.69) is 10.2 Å². The number of benzene rings is 2. The second-order valence-corrected chi connectivity index (χ2v) is 9.33. The summed E-state index contributed by atoms with van der Waals surface area (Å²) < 4.78 is 0. The number of hydrogen-bond donors (Lipinski definition) is 1. The SMILES string of the molecule is CSCCC(C(=O)Nc1ccc(CN2CCCCC2)cc1)N1C(=O)c2ccccc2C1=O. The van der Waals surface area contributed by atoms with E-state index in [1.54, 1.807) is 36.0 Å². The maximum atomic E-state index is 13.2. The summed E-state index contributed by atoms with van der Waals surface area (Å²) in [6, 6.07) is 13.7. The van der Waals surface area contributed by atoms with Gasteiger partial charge in [0, 0.05) is 12.2 Å². The number of likely N-dealkylation sites (tertiary alicyclic amines) is 1. The highest BCUT2D eigenvalue weighted by molar-refractivity contribution is 7.98. The van der Waals surface area contributed by atoms with Crippen molar-refractivity contribution in [1.82, 2.24) is 9.80 Å². The minimum atomic E-state index is -0.845. The average Bonchev–Trinajstić information content (AvgIpc) is 3.07. The van der Waals surface area contributed by atoms with Crippen LogP contribution in [0.15, 0.2) is 48.5 Å². The van der Waals surface area contributed by atoms with Gasteiger partial charge in [0.2, 0.25) is 5.91 Å². The molecule has 1 saturated heterocycles. The summed E-state index contributed by atoms with van der Waals surface area (Å²) in [6.07, 6.45) is 6.17. The van der Waals surface area contributed by atoms with E-state index in [1.807, 2.05) is 30.5 Å². The summed E-state index contributed by atoms with van der Waals surface area (Å²) in [5.41, 5.74) is 2.61. The Morgan fingerprint density at radius 1 is 0.969 bits per heavy atom. The lowest BCUT2D eigenvalue weighted by Gasteiger charge is -2.26. The first kappa shape index (κ1) is 22.6. The van der Waals surface area contributed by atoms with Gasteiger partial charge in [-0.3, -0.25) is 24.2 Å². The molecule has 6 nitrogen and oxygen atoms in total. The summed E-state index contributed by atoms with van der Waals surface area (Å²) >= 11 is 1.58. The van der Waals surface area contributed by atoms with E-state index >= 15 is 0 Å². The molecule has 0 aromatic heterocycles. The van der Waals surface area contributed by atoms with Gasteiger partial charge >= 0.3 is 0 Å². The molecule has 2 aromatic carbocycles. The highest BCUT2D eigenvalue weighted by Crippen LogP contribution is 2.27. The van der Waals surface area contributed by atoms with Crippen LogP contribution < -0.4 is 5.32 Å². The number of imide groups is 1. The second kappa shape index (κ2) is 10.3. The predicted molar refractivity (Wildman–Crippen MR) is 128 cm³/mol. The number of nitrogens with zero attached hydrogens (tertiary/aromatic N) is 2. The molecule has 7 heteroatoms. The lowest BCUT2D eigenvalue weighted by atomic mass is 10.1. The quantitative estimate of drug-likeness (QED) is 0.614. The van der Waals surface area contributed by atoms with Crippen LogP contribution in [0, 0.1) is 0 Å². The van der Waals surface area contributed by atoms with Gasteiger partial charge < -0.3 is 5.32 Å². The third-order valence-corrected chi connectivity index (χ3v) is 6.76. The van der Waals surface area contributed by atoms with Crippen LogP contribution in [0.25, 0.3) is 0 Å². The van der Waals surface area contributed by atoms with Crippen molar-refractivity contribution in [3.8, 4) is 0 Å². The Morgan fingerprint density at radius 2 is 1.59 bits per heavy atom. The topological polar surface area (TPSA) is 69.7 Å². The largest absolute Gasteiger partial charge is 0.324 e. The van der Waals surface area contributed by atoms with Crippen molar-refractivity contribution in [3.05, 3.63) is 65.2 Å². The van der Waals surface area contributed by atoms with E-state index in [4.69, 9.17) is 0 Å². The number of amides is 3. The van der Waals surface area contributed by atoms with Crippen molar-refractivity contribution in [2.75, 3.05) is 30.4 Å². The zero-order valence-electron chi connectivity index (χ0n) is 18.4. The summed E-state index contributed by atoms with van der Waals surface area (Å²) in [5.74, 6) is -0.468. The van der Waals surface area contributed by atoms with Crippen LogP contribution in [-0.4, -0.2) is 58.7 Å². The first-order valence-corrected chi connectivity index (χ1v) is 12.6. The van der Waals surface area contributed by atoms with Crippen molar-refractivity contribution in [2.45, 2.75) is 38.3 Å². The fourth-order valence-electron chi connectivity index (χ4n) is 4.39. The Bertz CT molecular complexity index is 951. The molecule has 168 valence electrons. The maximum Gasteiger partial charge on any atom is 0.262 e. The summed E-state index contributed by atoms with van der Waals surface area (Å²) in [4.78, 5) is 42.6. The van der Waals surface area contributed by atoms with Crippen molar-refractivity contribution in [3.63, 3.8) is 0 Å². The first-order valence-electron chi connectivity index (χ1n) is 11.2. The fourth-order valence-corrected chi connectivity index (χ4v) is 4.85. The Labute approximate surface area is 193 Å². The van der Waals surface area contributed by atoms with Crippen LogP contribution >= 0.6 is 11.8 Å². The number of rotatable bonds is 8. The van der Waals surface area contributed by atoms with Gasteiger partial charge in [-0.2, -0.15) is 11.8 Å². The summed E-state index contributed by atoms with van der Waals surface area (Å²) in [5, 5.41) is 2.92. The van der Waals surface area contributed by atoms with E-state index in [9.17, 15) is 14.4 Å². The third-order valence-electron chi connectivity index (χ3n) is 6.11. The Kier molecular flexibility index (Phi) is 7.27. The fraction of sp³-hybridized carbons (Fsp3) is 0.400. The molecule has 2 aliphatic heterocycles. The molecule has 4 rings (SSSR count). The van der Waals surface area contributed by atoms with Crippen LogP contribution in [0.1, 0.15) is 52.0 Å². The van der Waals surface area contributed by atoms with Crippen LogP contribution in [-0.2, 0) is 11.3 Å². The Balaban J connectivity index is 1.45. The van der Waals surface area contributed by atoms with Gasteiger partial charge in [0.15, 0.2) is 0 Å². The summed E-state index contributed by atoms with van der Waals surface area (Å²) in [6.45, 7) is 3.19. The molecule has 0 spiro atoms. The zero-order chi connectivity index (χ0) is 22.5. The third kappa shape index (κ3) is 4.89. The molecular weight excluding hydrogens is 422 g/mol. The van der Waals surface area contributed by atoms with Crippen LogP contribution in [0.5, 0.6) is 0 Å². The number of nitrogens with one attached hydrogen (secondary N) is 1. The van der Waals surface area contributed by atoms with Crippen LogP contribution in [0.4, 0.5) is 5.69 Å². The molecule has 0 bridgehead atoms. The molecule has 0 saturated carbocycles. The maximum absolute atomic E-state index is 13.2. The number of fused-ring (bicyclic) bond motifs is 1. The molecule has 3 amide bonds. The number of anilines is 1. The number of hydrogen-bond acceptors (Lipinski definition) is 5. The van der Waals surface area contributed by atoms with Gasteiger partial charge in [0.1, 0.15) is 6.04 Å². The van der Waals surface area contributed by atoms with Gasteiger partial charge in [0.25, 0.3) is 11.8 Å². The minimum absolute atomic E-state index is 0.336. The minimum Gasteiger partial charge on any atom is -0.324 e. The van der Waals surface area contributed by atoms with Gasteiger partial charge in [-0.05, 0) is 74.2 Å². The molecule has 0 radical (unpaired) electrons. The molecular formula is C25H29N3O3S. The predicted octanol–water partition coefficient (Wildman–Crippen LogP) is 4.03. The molecule has 1 unspecified atom stereocenters. The van der Waals surface area contributed by atoms with Crippen molar-refractivity contribution >= 4 is 35.2 Å². The number of carbonyl (C=O) groups is 3. The van der Waals surface area contributed by atoms with E-state index < -0.39 is 17.9 Å². The monoisotopic (exact) mass is 451 g/mol. The van der Waals surface area contributed by atoms with Gasteiger partial charge in [-0.1, -0.05) is 30.7 Å². The highest BCUT2D eigenvalue weighted by Gasteiger charge is 2.42.